The SMILES string of the molecule is CC(C)(O)c1cn(-c2ccc(-c3ccc(C(C)(C)O)c(S(C)(=O)=O)c3)cc2Cl)c(-c2ccccc2C(F)(F)F)n1. The fraction of sp³-hybridized carbons (Fsp3) is 0.276. The van der Waals surface area contributed by atoms with Crippen LogP contribution in [0.1, 0.15) is 44.5 Å². The molecule has 0 unspecified atom stereocenters. The average molecular weight is 593 g/mol. The van der Waals surface area contributed by atoms with Crippen molar-refractivity contribution in [2.45, 2.75) is 50.0 Å². The molecule has 212 valence electrons. The second-order valence-electron chi connectivity index (χ2n) is 10.6. The largest absolute Gasteiger partial charge is 0.417 e. The molecule has 0 aliphatic carbocycles. The first-order valence-corrected chi connectivity index (χ1v) is 14.4. The smallest absolute Gasteiger partial charge is 0.386 e. The highest BCUT2D eigenvalue weighted by molar-refractivity contribution is 7.90. The average Bonchev–Trinajstić information content (AvgIpc) is 3.28. The second-order valence-corrected chi connectivity index (χ2v) is 13.0. The standard InChI is InChI=1S/C29H28ClF3N2O4S/c1-27(2,36)21-12-10-18(15-24(21)40(5,38)39)17-11-13-23(22(30)14-17)35-16-25(28(3,4)37)34-26(35)19-8-6-7-9-20(19)29(31,32)33/h6-16,36-37H,1-5H3. The minimum Gasteiger partial charge on any atom is -0.386 e. The molecular formula is C29H28ClF3N2O4S. The molecule has 6 nitrogen and oxygen atoms in total. The van der Waals surface area contributed by atoms with Gasteiger partial charge in [-0.15, -0.1) is 0 Å². The lowest BCUT2D eigenvalue weighted by molar-refractivity contribution is -0.137. The predicted molar refractivity (Wildman–Crippen MR) is 148 cm³/mol. The van der Waals surface area contributed by atoms with E-state index in [-0.39, 0.29) is 32.6 Å². The molecular weight excluding hydrogens is 565 g/mol. The van der Waals surface area contributed by atoms with Gasteiger partial charge < -0.3 is 10.2 Å². The number of halogens is 4. The topological polar surface area (TPSA) is 92.4 Å². The summed E-state index contributed by atoms with van der Waals surface area (Å²) in [6, 6.07) is 14.4. The van der Waals surface area contributed by atoms with E-state index >= 15 is 0 Å². The van der Waals surface area contributed by atoms with Crippen LogP contribution in [0.25, 0.3) is 28.2 Å². The number of imidazole rings is 1. The third-order valence-corrected chi connectivity index (χ3v) is 7.83. The summed E-state index contributed by atoms with van der Waals surface area (Å²) in [6.45, 7) is 5.93. The van der Waals surface area contributed by atoms with E-state index in [1.165, 1.54) is 68.8 Å². The lowest BCUT2D eigenvalue weighted by Gasteiger charge is -2.22. The molecule has 4 aromatic rings. The summed E-state index contributed by atoms with van der Waals surface area (Å²) in [6.07, 6.45) is -2.16. The Labute approximate surface area is 235 Å². The van der Waals surface area contributed by atoms with Crippen LogP contribution in [0.2, 0.25) is 5.02 Å². The van der Waals surface area contributed by atoms with Gasteiger partial charge in [0.1, 0.15) is 11.4 Å². The maximum Gasteiger partial charge on any atom is 0.417 e. The summed E-state index contributed by atoms with van der Waals surface area (Å²) >= 11 is 6.67. The first-order valence-electron chi connectivity index (χ1n) is 12.1. The molecule has 2 N–H and O–H groups in total. The molecule has 0 bridgehead atoms. The minimum absolute atomic E-state index is 0.0341. The third kappa shape index (κ3) is 5.95. The van der Waals surface area contributed by atoms with E-state index < -0.39 is 32.8 Å². The van der Waals surface area contributed by atoms with Crippen LogP contribution in [0.5, 0.6) is 0 Å². The number of benzene rings is 3. The molecule has 3 aromatic carbocycles. The molecule has 0 amide bonds. The lowest BCUT2D eigenvalue weighted by atomic mass is 9.95. The molecule has 0 saturated carbocycles. The molecule has 0 spiro atoms. The van der Waals surface area contributed by atoms with Gasteiger partial charge in [-0.25, -0.2) is 13.4 Å². The van der Waals surface area contributed by atoms with Crippen molar-refractivity contribution in [3.8, 4) is 28.2 Å². The van der Waals surface area contributed by atoms with E-state index in [9.17, 15) is 31.8 Å². The highest BCUT2D eigenvalue weighted by Gasteiger charge is 2.35. The van der Waals surface area contributed by atoms with Crippen molar-refractivity contribution in [2.75, 3.05) is 6.26 Å². The second kappa shape index (κ2) is 10.0. The first kappa shape index (κ1) is 29.8. The molecule has 40 heavy (non-hydrogen) atoms. The van der Waals surface area contributed by atoms with Gasteiger partial charge in [0.2, 0.25) is 0 Å². The van der Waals surface area contributed by atoms with Gasteiger partial charge in [-0.3, -0.25) is 4.57 Å². The van der Waals surface area contributed by atoms with Crippen LogP contribution in [0.4, 0.5) is 13.2 Å². The summed E-state index contributed by atoms with van der Waals surface area (Å²) < 4.78 is 68.0. The zero-order chi connectivity index (χ0) is 29.8. The molecule has 1 heterocycles. The molecule has 0 saturated heterocycles. The first-order chi connectivity index (χ1) is 18.3. The van der Waals surface area contributed by atoms with Crippen molar-refractivity contribution in [2.24, 2.45) is 0 Å². The van der Waals surface area contributed by atoms with Gasteiger partial charge in [0, 0.05) is 23.6 Å². The van der Waals surface area contributed by atoms with Gasteiger partial charge in [-0.1, -0.05) is 48.0 Å². The number of hydrogen-bond acceptors (Lipinski definition) is 5. The van der Waals surface area contributed by atoms with Crippen LogP contribution >= 0.6 is 11.6 Å². The highest BCUT2D eigenvalue weighted by Crippen LogP contribution is 2.40. The third-order valence-electron chi connectivity index (χ3n) is 6.39. The van der Waals surface area contributed by atoms with Gasteiger partial charge >= 0.3 is 6.18 Å². The van der Waals surface area contributed by atoms with E-state index in [4.69, 9.17) is 11.6 Å². The molecule has 0 atom stereocenters. The van der Waals surface area contributed by atoms with Crippen LogP contribution in [0, 0.1) is 0 Å². The fourth-order valence-electron chi connectivity index (χ4n) is 4.37. The van der Waals surface area contributed by atoms with Gasteiger partial charge in [0.05, 0.1) is 32.5 Å². The number of rotatable bonds is 6. The number of alkyl halides is 3. The summed E-state index contributed by atoms with van der Waals surface area (Å²) in [7, 11) is -3.69. The van der Waals surface area contributed by atoms with Crippen molar-refractivity contribution in [1.29, 1.82) is 0 Å². The molecule has 1 aromatic heterocycles. The summed E-state index contributed by atoms with van der Waals surface area (Å²) in [5.41, 5.74) is -2.20. The molecule has 4 rings (SSSR count). The van der Waals surface area contributed by atoms with E-state index in [1.54, 1.807) is 24.3 Å². The fourth-order valence-corrected chi connectivity index (χ4v) is 5.70. The Bertz CT molecular complexity index is 1700. The summed E-state index contributed by atoms with van der Waals surface area (Å²) in [5.74, 6) is -0.0615. The quantitative estimate of drug-likeness (QED) is 0.259. The number of hydrogen-bond donors (Lipinski definition) is 2. The van der Waals surface area contributed by atoms with Crippen LogP contribution in [-0.2, 0) is 27.2 Å². The van der Waals surface area contributed by atoms with Crippen LogP contribution in [-0.4, -0.2) is 34.4 Å². The Morgan fingerprint density at radius 3 is 2.00 bits per heavy atom. The molecule has 0 radical (unpaired) electrons. The van der Waals surface area contributed by atoms with E-state index in [0.29, 0.717) is 16.8 Å². The lowest BCUT2D eigenvalue weighted by Crippen LogP contribution is -2.19. The van der Waals surface area contributed by atoms with Gasteiger partial charge in [-0.05, 0) is 63.1 Å². The van der Waals surface area contributed by atoms with Gasteiger partial charge in [0.15, 0.2) is 9.84 Å². The summed E-state index contributed by atoms with van der Waals surface area (Å²) in [4.78, 5) is 4.33. The zero-order valence-corrected chi connectivity index (χ0v) is 23.9. The number of aliphatic hydroxyl groups is 2. The number of nitrogens with zero attached hydrogens (tertiary/aromatic N) is 2. The zero-order valence-electron chi connectivity index (χ0n) is 22.4. The molecule has 11 heteroatoms. The summed E-state index contributed by atoms with van der Waals surface area (Å²) in [5, 5.41) is 21.2. The number of aromatic nitrogens is 2. The minimum atomic E-state index is -4.65. The van der Waals surface area contributed by atoms with Crippen molar-refractivity contribution in [3.63, 3.8) is 0 Å². The van der Waals surface area contributed by atoms with Crippen LogP contribution < -0.4 is 0 Å². The molecule has 0 aliphatic rings. The predicted octanol–water partition coefficient (Wildman–Crippen LogP) is 6.74. The van der Waals surface area contributed by atoms with Crippen molar-refractivity contribution in [1.82, 2.24) is 9.55 Å². The maximum absolute atomic E-state index is 13.9. The Hall–Kier alpha value is -3.18. The van der Waals surface area contributed by atoms with Crippen molar-refractivity contribution >= 4 is 21.4 Å². The highest BCUT2D eigenvalue weighted by atomic mass is 35.5. The normalized spacial score (nSPS) is 13.1. The Morgan fingerprint density at radius 1 is 0.850 bits per heavy atom. The van der Waals surface area contributed by atoms with Gasteiger partial charge in [0.25, 0.3) is 0 Å². The maximum atomic E-state index is 13.9. The van der Waals surface area contributed by atoms with Crippen LogP contribution in [0.3, 0.4) is 0 Å². The Balaban J connectivity index is 1.90. The van der Waals surface area contributed by atoms with E-state index in [0.717, 1.165) is 12.3 Å². The van der Waals surface area contributed by atoms with Crippen molar-refractivity contribution in [3.05, 3.63) is 88.7 Å². The van der Waals surface area contributed by atoms with E-state index in [1.807, 2.05) is 0 Å². The molecule has 0 aliphatic heterocycles. The Morgan fingerprint density at radius 2 is 1.45 bits per heavy atom. The number of sulfone groups is 1. The van der Waals surface area contributed by atoms with E-state index in [2.05, 4.69) is 4.98 Å². The Kier molecular flexibility index (Phi) is 7.47. The van der Waals surface area contributed by atoms with Crippen LogP contribution in [0.15, 0.2) is 71.8 Å². The van der Waals surface area contributed by atoms with Gasteiger partial charge in [-0.2, -0.15) is 13.2 Å². The monoisotopic (exact) mass is 592 g/mol. The van der Waals surface area contributed by atoms with Crippen molar-refractivity contribution < 1.29 is 31.8 Å². The molecule has 0 fully saturated rings.